The third-order valence-corrected chi connectivity index (χ3v) is 5.54. The maximum absolute atomic E-state index is 11.3. The summed E-state index contributed by atoms with van der Waals surface area (Å²) in [4.78, 5) is 11.3. The Morgan fingerprint density at radius 3 is 2.76 bits per heavy atom. The summed E-state index contributed by atoms with van der Waals surface area (Å²) in [6.07, 6.45) is 5.48. The Hall–Kier alpha value is -1.97. The van der Waals surface area contributed by atoms with Crippen LogP contribution in [-0.2, 0) is 4.79 Å². The van der Waals surface area contributed by atoms with Gasteiger partial charge in [0.05, 0.1) is 6.04 Å². The first kappa shape index (κ1) is 16.5. The number of anilines is 2. The molecule has 5 heteroatoms. The van der Waals surface area contributed by atoms with Gasteiger partial charge >= 0.3 is 0 Å². The fourth-order valence-corrected chi connectivity index (χ4v) is 4.46. The molecule has 0 bridgehead atoms. The molecule has 1 aliphatic carbocycles. The second-order valence-electron chi connectivity index (χ2n) is 6.62. The summed E-state index contributed by atoms with van der Waals surface area (Å²) in [6, 6.07) is 11.8. The van der Waals surface area contributed by atoms with Crippen LogP contribution in [0.3, 0.4) is 0 Å². The fraction of sp³-hybridized carbons (Fsp3) is 0.250. The summed E-state index contributed by atoms with van der Waals surface area (Å²) < 4.78 is 0. The first-order valence-corrected chi connectivity index (χ1v) is 9.08. The lowest BCUT2D eigenvalue weighted by Gasteiger charge is -2.38. The van der Waals surface area contributed by atoms with Crippen LogP contribution in [0.2, 0.25) is 10.0 Å². The average molecular weight is 373 g/mol. The Morgan fingerprint density at radius 2 is 2.00 bits per heavy atom. The molecule has 25 heavy (non-hydrogen) atoms. The Labute approximate surface area is 157 Å². The normalized spacial score (nSPS) is 23.6. The van der Waals surface area contributed by atoms with Crippen molar-refractivity contribution in [1.82, 2.24) is 0 Å². The van der Waals surface area contributed by atoms with Gasteiger partial charge in [0, 0.05) is 34.3 Å². The van der Waals surface area contributed by atoms with Gasteiger partial charge in [0.15, 0.2) is 0 Å². The number of rotatable bonds is 2. The molecular weight excluding hydrogens is 355 g/mol. The Balaban J connectivity index is 1.74. The van der Waals surface area contributed by atoms with Crippen molar-refractivity contribution >= 4 is 40.5 Å². The fourth-order valence-electron chi connectivity index (χ4n) is 3.94. The molecule has 0 saturated carbocycles. The van der Waals surface area contributed by atoms with Crippen molar-refractivity contribution in [1.29, 1.82) is 0 Å². The van der Waals surface area contributed by atoms with E-state index in [0.29, 0.717) is 21.9 Å². The van der Waals surface area contributed by atoms with E-state index >= 15 is 0 Å². The largest absolute Gasteiger partial charge is 0.378 e. The number of halogens is 2. The third kappa shape index (κ3) is 3.03. The van der Waals surface area contributed by atoms with Gasteiger partial charge in [-0.2, -0.15) is 0 Å². The summed E-state index contributed by atoms with van der Waals surface area (Å²) in [5.74, 6) is 0.633. The lowest BCUT2D eigenvalue weighted by molar-refractivity contribution is -0.114. The van der Waals surface area contributed by atoms with Gasteiger partial charge in [-0.15, -0.1) is 0 Å². The maximum atomic E-state index is 11.3. The molecule has 3 atom stereocenters. The molecule has 0 unspecified atom stereocenters. The van der Waals surface area contributed by atoms with Gasteiger partial charge in [-0.1, -0.05) is 41.4 Å². The lowest BCUT2D eigenvalue weighted by Crippen LogP contribution is -2.29. The highest BCUT2D eigenvalue weighted by atomic mass is 35.5. The molecule has 2 aromatic carbocycles. The summed E-state index contributed by atoms with van der Waals surface area (Å²) >= 11 is 12.5. The van der Waals surface area contributed by atoms with E-state index in [1.807, 2.05) is 24.3 Å². The predicted octanol–water partition coefficient (Wildman–Crippen LogP) is 5.78. The minimum absolute atomic E-state index is 0.0620. The molecule has 4 rings (SSSR count). The van der Waals surface area contributed by atoms with Gasteiger partial charge < -0.3 is 10.6 Å². The first-order chi connectivity index (χ1) is 12.0. The quantitative estimate of drug-likeness (QED) is 0.656. The molecule has 0 aromatic heterocycles. The molecule has 3 nitrogen and oxygen atoms in total. The smallest absolute Gasteiger partial charge is 0.221 e. The van der Waals surface area contributed by atoms with E-state index in [0.717, 1.165) is 23.4 Å². The minimum atomic E-state index is -0.0620. The number of carbonyl (C=O) groups excluding carboxylic acids is 1. The van der Waals surface area contributed by atoms with Gasteiger partial charge in [-0.3, -0.25) is 4.79 Å². The Kier molecular flexibility index (Phi) is 4.22. The molecule has 2 aliphatic rings. The second kappa shape index (κ2) is 6.40. The van der Waals surface area contributed by atoms with Crippen LogP contribution in [0.4, 0.5) is 11.4 Å². The van der Waals surface area contributed by atoms with Crippen molar-refractivity contribution in [2.75, 3.05) is 10.6 Å². The SMILES string of the molecule is CC(=O)Nc1ccc2c(c1)[C@H]1C=CC[C@H]1[C@@H](c1ccc(Cl)cc1Cl)N2. The Morgan fingerprint density at radius 1 is 1.16 bits per heavy atom. The minimum Gasteiger partial charge on any atom is -0.378 e. The molecule has 0 saturated heterocycles. The van der Waals surface area contributed by atoms with Crippen molar-refractivity contribution in [3.63, 3.8) is 0 Å². The molecule has 128 valence electrons. The standard InChI is InChI=1S/C20H18Cl2N2O/c1-11(25)23-13-6-8-19-17(10-13)14-3-2-4-15(14)20(24-19)16-7-5-12(21)9-18(16)22/h2-3,5-10,14-15,20,24H,4H2,1H3,(H,23,25)/t14-,15+,20-/m0/s1. The second-order valence-corrected chi connectivity index (χ2v) is 7.47. The highest BCUT2D eigenvalue weighted by Crippen LogP contribution is 2.51. The van der Waals surface area contributed by atoms with Gasteiger partial charge in [0.1, 0.15) is 0 Å². The van der Waals surface area contributed by atoms with Crippen LogP contribution in [0.15, 0.2) is 48.6 Å². The van der Waals surface area contributed by atoms with Crippen molar-refractivity contribution in [2.24, 2.45) is 5.92 Å². The average Bonchev–Trinajstić information content (AvgIpc) is 3.04. The van der Waals surface area contributed by atoms with E-state index < -0.39 is 0 Å². The van der Waals surface area contributed by atoms with Crippen LogP contribution in [-0.4, -0.2) is 5.91 Å². The zero-order valence-corrected chi connectivity index (χ0v) is 15.2. The zero-order chi connectivity index (χ0) is 17.6. The molecule has 2 N–H and O–H groups in total. The highest BCUT2D eigenvalue weighted by molar-refractivity contribution is 6.35. The number of benzene rings is 2. The monoisotopic (exact) mass is 372 g/mol. The summed E-state index contributed by atoms with van der Waals surface area (Å²) in [5.41, 5.74) is 4.20. The van der Waals surface area contributed by atoms with Crippen LogP contribution >= 0.6 is 23.2 Å². The molecular formula is C20H18Cl2N2O. The number of amides is 1. The van der Waals surface area contributed by atoms with Crippen molar-refractivity contribution in [2.45, 2.75) is 25.3 Å². The van der Waals surface area contributed by atoms with Crippen LogP contribution < -0.4 is 10.6 Å². The molecule has 1 aliphatic heterocycles. The number of hydrogen-bond donors (Lipinski definition) is 2. The van der Waals surface area contributed by atoms with Crippen molar-refractivity contribution in [3.8, 4) is 0 Å². The summed E-state index contributed by atoms with van der Waals surface area (Å²) in [5, 5.41) is 7.85. The number of fused-ring (bicyclic) bond motifs is 3. The van der Waals surface area contributed by atoms with Gasteiger partial charge in [0.25, 0.3) is 0 Å². The molecule has 1 amide bonds. The highest BCUT2D eigenvalue weighted by Gasteiger charge is 2.38. The third-order valence-electron chi connectivity index (χ3n) is 4.98. The zero-order valence-electron chi connectivity index (χ0n) is 13.7. The molecule has 0 spiro atoms. The van der Waals surface area contributed by atoms with Crippen molar-refractivity contribution < 1.29 is 4.79 Å². The molecule has 1 heterocycles. The number of carbonyl (C=O) groups is 1. The van der Waals surface area contributed by atoms with Gasteiger partial charge in [0.2, 0.25) is 5.91 Å². The van der Waals surface area contributed by atoms with Crippen LogP contribution in [0.25, 0.3) is 0 Å². The van der Waals surface area contributed by atoms with Crippen molar-refractivity contribution in [3.05, 3.63) is 69.7 Å². The van der Waals surface area contributed by atoms with E-state index in [9.17, 15) is 4.79 Å². The van der Waals surface area contributed by atoms with E-state index in [1.165, 1.54) is 12.5 Å². The summed E-state index contributed by atoms with van der Waals surface area (Å²) in [6.45, 7) is 1.52. The molecule has 0 radical (unpaired) electrons. The van der Waals surface area contributed by atoms with E-state index in [1.54, 1.807) is 6.07 Å². The predicted molar refractivity (Wildman–Crippen MR) is 104 cm³/mol. The van der Waals surface area contributed by atoms with Gasteiger partial charge in [-0.25, -0.2) is 0 Å². The van der Waals surface area contributed by atoms with Crippen LogP contribution in [0.1, 0.15) is 36.4 Å². The first-order valence-electron chi connectivity index (χ1n) is 8.32. The van der Waals surface area contributed by atoms with Crippen LogP contribution in [0, 0.1) is 5.92 Å². The maximum Gasteiger partial charge on any atom is 0.221 e. The number of hydrogen-bond acceptors (Lipinski definition) is 2. The number of allylic oxidation sites excluding steroid dienone is 2. The molecule has 2 aromatic rings. The van der Waals surface area contributed by atoms with Crippen LogP contribution in [0.5, 0.6) is 0 Å². The lowest BCUT2D eigenvalue weighted by atomic mass is 9.77. The number of nitrogens with one attached hydrogen (secondary N) is 2. The van der Waals surface area contributed by atoms with E-state index in [2.05, 4.69) is 28.9 Å². The van der Waals surface area contributed by atoms with E-state index in [4.69, 9.17) is 23.2 Å². The van der Waals surface area contributed by atoms with Gasteiger partial charge in [-0.05, 0) is 53.8 Å². The molecule has 0 fully saturated rings. The topological polar surface area (TPSA) is 41.1 Å². The summed E-state index contributed by atoms with van der Waals surface area (Å²) in [7, 11) is 0. The van der Waals surface area contributed by atoms with E-state index in [-0.39, 0.29) is 11.9 Å². The Bertz CT molecular complexity index is 878.